The van der Waals surface area contributed by atoms with E-state index in [-0.39, 0.29) is 17.2 Å². The third-order valence-corrected chi connectivity index (χ3v) is 4.83. The van der Waals surface area contributed by atoms with Crippen LogP contribution in [-0.2, 0) is 10.2 Å². The van der Waals surface area contributed by atoms with Crippen LogP contribution in [0.15, 0.2) is 78.9 Å². The number of nitrogens with one attached hydrogen (secondary N) is 2. The Hall–Kier alpha value is -3.60. The van der Waals surface area contributed by atoms with E-state index in [1.54, 1.807) is 43.3 Å². The Balaban J connectivity index is 1.62. The van der Waals surface area contributed by atoms with Crippen molar-refractivity contribution in [2.75, 3.05) is 10.6 Å². The Morgan fingerprint density at radius 2 is 1.42 bits per heavy atom. The first kappa shape index (κ1) is 22.1. The summed E-state index contributed by atoms with van der Waals surface area (Å²) >= 11 is 0. The summed E-state index contributed by atoms with van der Waals surface area (Å²) in [5, 5.41) is 5.70. The quantitative estimate of drug-likeness (QED) is 0.546. The highest BCUT2D eigenvalue weighted by atomic mass is 16.5. The lowest BCUT2D eigenvalue weighted by Gasteiger charge is -2.19. The van der Waals surface area contributed by atoms with Crippen molar-refractivity contribution in [3.8, 4) is 5.75 Å². The molecule has 0 aliphatic heterocycles. The van der Waals surface area contributed by atoms with E-state index in [1.807, 2.05) is 42.5 Å². The van der Waals surface area contributed by atoms with E-state index >= 15 is 0 Å². The number of benzene rings is 3. The number of carbonyl (C=O) groups is 2. The third kappa shape index (κ3) is 6.19. The van der Waals surface area contributed by atoms with Gasteiger partial charge in [-0.2, -0.15) is 0 Å². The van der Waals surface area contributed by atoms with Gasteiger partial charge in [0.2, 0.25) is 0 Å². The second-order valence-corrected chi connectivity index (χ2v) is 8.42. The van der Waals surface area contributed by atoms with E-state index in [9.17, 15) is 9.59 Å². The number of anilines is 2. The van der Waals surface area contributed by atoms with Gasteiger partial charge in [0.25, 0.3) is 11.8 Å². The number of ether oxygens (including phenoxy) is 1. The van der Waals surface area contributed by atoms with Crippen molar-refractivity contribution in [1.29, 1.82) is 0 Å². The lowest BCUT2D eigenvalue weighted by molar-refractivity contribution is -0.122. The van der Waals surface area contributed by atoms with Crippen LogP contribution in [-0.4, -0.2) is 17.9 Å². The van der Waals surface area contributed by atoms with Crippen molar-refractivity contribution >= 4 is 23.2 Å². The zero-order chi connectivity index (χ0) is 22.4. The molecule has 5 nitrogen and oxygen atoms in total. The van der Waals surface area contributed by atoms with Gasteiger partial charge >= 0.3 is 0 Å². The van der Waals surface area contributed by atoms with Crippen LogP contribution in [0.1, 0.15) is 43.6 Å². The second kappa shape index (κ2) is 9.47. The van der Waals surface area contributed by atoms with Crippen LogP contribution >= 0.6 is 0 Å². The summed E-state index contributed by atoms with van der Waals surface area (Å²) in [7, 11) is 0. The molecule has 1 unspecified atom stereocenters. The van der Waals surface area contributed by atoms with Crippen molar-refractivity contribution in [3.63, 3.8) is 0 Å². The number of hydrogen-bond acceptors (Lipinski definition) is 3. The largest absolute Gasteiger partial charge is 0.481 e. The van der Waals surface area contributed by atoms with E-state index in [2.05, 4.69) is 31.4 Å². The van der Waals surface area contributed by atoms with Crippen molar-refractivity contribution in [1.82, 2.24) is 0 Å². The molecule has 0 radical (unpaired) electrons. The smallest absolute Gasteiger partial charge is 0.265 e. The molecule has 0 aliphatic rings. The van der Waals surface area contributed by atoms with Crippen LogP contribution in [0.4, 0.5) is 11.4 Å². The Morgan fingerprint density at radius 1 is 0.806 bits per heavy atom. The molecule has 31 heavy (non-hydrogen) atoms. The Morgan fingerprint density at radius 3 is 2.03 bits per heavy atom. The van der Waals surface area contributed by atoms with Crippen LogP contribution in [0.5, 0.6) is 5.75 Å². The first-order valence-corrected chi connectivity index (χ1v) is 10.3. The Labute approximate surface area is 183 Å². The summed E-state index contributed by atoms with van der Waals surface area (Å²) in [6, 6.07) is 23.8. The van der Waals surface area contributed by atoms with Gasteiger partial charge in [-0.05, 0) is 60.4 Å². The molecular formula is C26H28N2O3. The van der Waals surface area contributed by atoms with Gasteiger partial charge in [-0.3, -0.25) is 9.59 Å². The lowest BCUT2D eigenvalue weighted by atomic mass is 9.87. The van der Waals surface area contributed by atoms with Gasteiger partial charge in [0.1, 0.15) is 5.75 Å². The SMILES string of the molecule is CC(Oc1ccccc1)C(=O)Nc1cccc(NC(=O)c2ccc(C(C)(C)C)cc2)c1. The molecule has 5 heteroatoms. The molecule has 2 N–H and O–H groups in total. The molecule has 0 aromatic heterocycles. The van der Waals surface area contributed by atoms with Crippen molar-refractivity contribution in [2.45, 2.75) is 39.2 Å². The highest BCUT2D eigenvalue weighted by molar-refractivity contribution is 6.04. The molecule has 3 aromatic rings. The molecular weight excluding hydrogens is 388 g/mol. The maximum absolute atomic E-state index is 12.6. The summed E-state index contributed by atoms with van der Waals surface area (Å²) in [6.07, 6.45) is -0.665. The topological polar surface area (TPSA) is 67.4 Å². The maximum atomic E-state index is 12.6. The number of amides is 2. The molecule has 2 amide bonds. The van der Waals surface area contributed by atoms with Gasteiger partial charge in [-0.15, -0.1) is 0 Å². The van der Waals surface area contributed by atoms with E-state index < -0.39 is 6.10 Å². The highest BCUT2D eigenvalue weighted by Gasteiger charge is 2.16. The zero-order valence-corrected chi connectivity index (χ0v) is 18.3. The molecule has 3 aromatic carbocycles. The van der Waals surface area contributed by atoms with Gasteiger partial charge in [-0.1, -0.05) is 57.2 Å². The fourth-order valence-corrected chi connectivity index (χ4v) is 3.00. The summed E-state index contributed by atoms with van der Waals surface area (Å²) in [5.41, 5.74) is 2.95. The number of hydrogen-bond donors (Lipinski definition) is 2. The average Bonchev–Trinajstić information content (AvgIpc) is 2.74. The molecule has 0 saturated carbocycles. The summed E-state index contributed by atoms with van der Waals surface area (Å²) in [6.45, 7) is 8.09. The van der Waals surface area contributed by atoms with E-state index in [0.29, 0.717) is 22.7 Å². The van der Waals surface area contributed by atoms with Crippen LogP contribution in [0.3, 0.4) is 0 Å². The highest BCUT2D eigenvalue weighted by Crippen LogP contribution is 2.23. The van der Waals surface area contributed by atoms with Crippen LogP contribution < -0.4 is 15.4 Å². The van der Waals surface area contributed by atoms with E-state index in [1.165, 1.54) is 5.56 Å². The first-order valence-electron chi connectivity index (χ1n) is 10.3. The predicted molar refractivity (Wildman–Crippen MR) is 125 cm³/mol. The molecule has 160 valence electrons. The molecule has 1 atom stereocenters. The van der Waals surface area contributed by atoms with Crippen molar-refractivity contribution < 1.29 is 14.3 Å². The summed E-state index contributed by atoms with van der Waals surface area (Å²) in [5.74, 6) is 0.151. The maximum Gasteiger partial charge on any atom is 0.265 e. The fourth-order valence-electron chi connectivity index (χ4n) is 3.00. The van der Waals surface area contributed by atoms with Gasteiger partial charge in [0.15, 0.2) is 6.10 Å². The monoisotopic (exact) mass is 416 g/mol. The van der Waals surface area contributed by atoms with Gasteiger partial charge in [-0.25, -0.2) is 0 Å². The summed E-state index contributed by atoms with van der Waals surface area (Å²) in [4.78, 5) is 25.1. The van der Waals surface area contributed by atoms with E-state index in [0.717, 1.165) is 0 Å². The molecule has 0 aliphatic carbocycles. The minimum absolute atomic E-state index is 0.0307. The van der Waals surface area contributed by atoms with Crippen molar-refractivity contribution in [3.05, 3.63) is 90.0 Å². The van der Waals surface area contributed by atoms with Crippen LogP contribution in [0, 0.1) is 0 Å². The number of rotatable bonds is 6. The molecule has 0 bridgehead atoms. The zero-order valence-electron chi connectivity index (χ0n) is 18.3. The van der Waals surface area contributed by atoms with E-state index in [4.69, 9.17) is 4.74 Å². The third-order valence-electron chi connectivity index (χ3n) is 4.83. The summed E-state index contributed by atoms with van der Waals surface area (Å²) < 4.78 is 5.65. The minimum atomic E-state index is -0.665. The predicted octanol–water partition coefficient (Wildman–Crippen LogP) is 5.64. The Bertz CT molecular complexity index is 1040. The van der Waals surface area contributed by atoms with Gasteiger partial charge in [0, 0.05) is 16.9 Å². The minimum Gasteiger partial charge on any atom is -0.481 e. The lowest BCUT2D eigenvalue weighted by Crippen LogP contribution is -2.30. The molecule has 0 spiro atoms. The van der Waals surface area contributed by atoms with Gasteiger partial charge < -0.3 is 15.4 Å². The normalized spacial score (nSPS) is 12.0. The number of para-hydroxylation sites is 1. The van der Waals surface area contributed by atoms with Crippen LogP contribution in [0.25, 0.3) is 0 Å². The average molecular weight is 417 g/mol. The van der Waals surface area contributed by atoms with Gasteiger partial charge in [0.05, 0.1) is 0 Å². The van der Waals surface area contributed by atoms with Crippen molar-refractivity contribution in [2.24, 2.45) is 0 Å². The standard InChI is InChI=1S/C26H28N2O3/c1-18(31-23-11-6-5-7-12-23)24(29)27-21-9-8-10-22(17-21)28-25(30)19-13-15-20(16-14-19)26(2,3)4/h5-18H,1-4H3,(H,27,29)(H,28,30). The molecule has 3 rings (SSSR count). The molecule has 0 heterocycles. The van der Waals surface area contributed by atoms with Crippen LogP contribution in [0.2, 0.25) is 0 Å². The molecule has 0 fully saturated rings. The fraction of sp³-hybridized carbons (Fsp3) is 0.231. The number of carbonyl (C=O) groups excluding carboxylic acids is 2. The first-order chi connectivity index (χ1) is 14.7. The second-order valence-electron chi connectivity index (χ2n) is 8.42. The Kier molecular flexibility index (Phi) is 6.75. The molecule has 0 saturated heterocycles.